The lowest BCUT2D eigenvalue weighted by molar-refractivity contribution is 0.544. The van der Waals surface area contributed by atoms with Crippen LogP contribution in [0.2, 0.25) is 0 Å². The molecule has 0 fully saturated rings. The zero-order valence-electron chi connectivity index (χ0n) is 11.7. The summed E-state index contributed by atoms with van der Waals surface area (Å²) in [4.78, 5) is 0. The molecule has 0 aliphatic heterocycles. The molecule has 19 heavy (non-hydrogen) atoms. The summed E-state index contributed by atoms with van der Waals surface area (Å²) in [5.74, 6) is 0.135. The van der Waals surface area contributed by atoms with Gasteiger partial charge in [-0.1, -0.05) is 37.3 Å². The van der Waals surface area contributed by atoms with Gasteiger partial charge in [0.25, 0.3) is 0 Å². The zero-order chi connectivity index (χ0) is 14.1. The highest BCUT2D eigenvalue weighted by atomic mass is 32.2. The minimum absolute atomic E-state index is 0.0353. The van der Waals surface area contributed by atoms with Gasteiger partial charge in [-0.15, -0.1) is 0 Å². The molecule has 0 saturated carbocycles. The first-order valence-corrected chi connectivity index (χ1v) is 8.43. The number of sulfonamides is 1. The molecular formula is C14H24N2O2S. The van der Waals surface area contributed by atoms with Crippen molar-refractivity contribution < 1.29 is 8.42 Å². The van der Waals surface area contributed by atoms with E-state index in [-0.39, 0.29) is 11.8 Å². The molecule has 0 bridgehead atoms. The van der Waals surface area contributed by atoms with Gasteiger partial charge in [0.05, 0.1) is 5.75 Å². The van der Waals surface area contributed by atoms with Crippen LogP contribution < -0.4 is 10.0 Å². The van der Waals surface area contributed by atoms with Crippen LogP contribution in [0.1, 0.15) is 25.8 Å². The van der Waals surface area contributed by atoms with E-state index in [0.717, 1.165) is 19.4 Å². The van der Waals surface area contributed by atoms with Gasteiger partial charge >= 0.3 is 0 Å². The third kappa shape index (κ3) is 7.30. The molecule has 0 amide bonds. The molecule has 1 aromatic carbocycles. The second-order valence-corrected chi connectivity index (χ2v) is 6.59. The third-order valence-corrected chi connectivity index (χ3v) is 4.39. The Kier molecular flexibility index (Phi) is 7.05. The highest BCUT2D eigenvalue weighted by Gasteiger charge is 2.13. The number of rotatable bonds is 9. The Labute approximate surface area is 116 Å². The molecule has 0 aliphatic carbocycles. The topological polar surface area (TPSA) is 58.2 Å². The molecule has 108 valence electrons. The Morgan fingerprint density at radius 3 is 2.53 bits per heavy atom. The van der Waals surface area contributed by atoms with E-state index in [0.29, 0.717) is 6.54 Å². The van der Waals surface area contributed by atoms with Crippen LogP contribution in [0, 0.1) is 0 Å². The zero-order valence-corrected chi connectivity index (χ0v) is 12.5. The summed E-state index contributed by atoms with van der Waals surface area (Å²) in [6, 6.07) is 10.1. The molecule has 0 saturated heterocycles. The summed E-state index contributed by atoms with van der Waals surface area (Å²) in [7, 11) is -3.17. The molecule has 0 radical (unpaired) electrons. The van der Waals surface area contributed by atoms with Crippen molar-refractivity contribution in [1.29, 1.82) is 0 Å². The lowest BCUT2D eigenvalue weighted by Gasteiger charge is -2.14. The minimum atomic E-state index is -3.17. The first-order valence-electron chi connectivity index (χ1n) is 6.78. The van der Waals surface area contributed by atoms with Crippen LogP contribution in [0.25, 0.3) is 0 Å². The van der Waals surface area contributed by atoms with Gasteiger partial charge in [0.1, 0.15) is 0 Å². The van der Waals surface area contributed by atoms with Crippen LogP contribution in [0.3, 0.4) is 0 Å². The summed E-state index contributed by atoms with van der Waals surface area (Å²) in [6.45, 7) is 5.16. The fourth-order valence-electron chi connectivity index (χ4n) is 1.84. The summed E-state index contributed by atoms with van der Waals surface area (Å²) in [5.41, 5.74) is 1.24. The number of hydrogen-bond donors (Lipinski definition) is 2. The largest absolute Gasteiger partial charge is 0.316 e. The molecule has 0 heterocycles. The second-order valence-electron chi connectivity index (χ2n) is 4.72. The predicted octanol–water partition coefficient (Wildman–Crippen LogP) is 1.54. The SMILES string of the molecule is CCNCCS(=O)(=O)NC(C)CCc1ccccc1. The number of benzene rings is 1. The predicted molar refractivity (Wildman–Crippen MR) is 79.7 cm³/mol. The Balaban J connectivity index is 2.32. The van der Waals surface area contributed by atoms with Crippen molar-refractivity contribution in [2.45, 2.75) is 32.7 Å². The standard InChI is InChI=1S/C14H24N2O2S/c1-3-15-11-12-19(17,18)16-13(2)9-10-14-7-5-4-6-8-14/h4-8,13,15-16H,3,9-12H2,1-2H3. The highest BCUT2D eigenvalue weighted by Crippen LogP contribution is 2.05. The van der Waals surface area contributed by atoms with Crippen molar-refractivity contribution in [2.24, 2.45) is 0 Å². The quantitative estimate of drug-likeness (QED) is 0.676. The van der Waals surface area contributed by atoms with Crippen LogP contribution >= 0.6 is 0 Å². The monoisotopic (exact) mass is 284 g/mol. The lowest BCUT2D eigenvalue weighted by Crippen LogP contribution is -2.37. The second kappa shape index (κ2) is 8.30. The van der Waals surface area contributed by atoms with E-state index in [9.17, 15) is 8.42 Å². The molecule has 5 heteroatoms. The Morgan fingerprint density at radius 1 is 1.21 bits per heavy atom. The van der Waals surface area contributed by atoms with Crippen LogP contribution in [-0.2, 0) is 16.4 Å². The fraction of sp³-hybridized carbons (Fsp3) is 0.571. The van der Waals surface area contributed by atoms with Crippen molar-refractivity contribution >= 4 is 10.0 Å². The molecule has 0 aromatic heterocycles. The van der Waals surface area contributed by atoms with Crippen LogP contribution in [0.15, 0.2) is 30.3 Å². The van der Waals surface area contributed by atoms with Crippen molar-refractivity contribution in [3.63, 3.8) is 0 Å². The Morgan fingerprint density at radius 2 is 1.89 bits per heavy atom. The average Bonchev–Trinajstić information content (AvgIpc) is 2.37. The first-order chi connectivity index (χ1) is 9.03. The maximum atomic E-state index is 11.8. The van der Waals surface area contributed by atoms with E-state index < -0.39 is 10.0 Å². The summed E-state index contributed by atoms with van der Waals surface area (Å²) >= 11 is 0. The molecular weight excluding hydrogens is 260 g/mol. The van der Waals surface area contributed by atoms with E-state index >= 15 is 0 Å². The van der Waals surface area contributed by atoms with Gasteiger partial charge in [-0.25, -0.2) is 13.1 Å². The van der Waals surface area contributed by atoms with Crippen LogP contribution in [-0.4, -0.2) is 33.3 Å². The molecule has 2 N–H and O–H groups in total. The third-order valence-electron chi connectivity index (χ3n) is 2.89. The maximum absolute atomic E-state index is 11.8. The van der Waals surface area contributed by atoms with E-state index in [4.69, 9.17) is 0 Å². The van der Waals surface area contributed by atoms with E-state index in [1.807, 2.05) is 32.0 Å². The maximum Gasteiger partial charge on any atom is 0.213 e. The van der Waals surface area contributed by atoms with Gasteiger partial charge in [0.15, 0.2) is 0 Å². The molecule has 1 unspecified atom stereocenters. The molecule has 1 rings (SSSR count). The van der Waals surface area contributed by atoms with E-state index in [2.05, 4.69) is 22.2 Å². The molecule has 4 nitrogen and oxygen atoms in total. The van der Waals surface area contributed by atoms with Gasteiger partial charge in [0.2, 0.25) is 10.0 Å². The van der Waals surface area contributed by atoms with Crippen molar-refractivity contribution in [1.82, 2.24) is 10.0 Å². The minimum Gasteiger partial charge on any atom is -0.316 e. The van der Waals surface area contributed by atoms with Crippen LogP contribution in [0.5, 0.6) is 0 Å². The van der Waals surface area contributed by atoms with Gasteiger partial charge in [-0.2, -0.15) is 0 Å². The molecule has 1 aromatic rings. The number of nitrogens with one attached hydrogen (secondary N) is 2. The fourth-order valence-corrected chi connectivity index (χ4v) is 3.10. The summed E-state index contributed by atoms with van der Waals surface area (Å²) < 4.78 is 26.3. The van der Waals surface area contributed by atoms with Gasteiger partial charge in [0, 0.05) is 12.6 Å². The Bertz CT molecular complexity index is 446. The van der Waals surface area contributed by atoms with Crippen molar-refractivity contribution in [3.8, 4) is 0 Å². The highest BCUT2D eigenvalue weighted by molar-refractivity contribution is 7.89. The lowest BCUT2D eigenvalue weighted by atomic mass is 10.1. The average molecular weight is 284 g/mol. The van der Waals surface area contributed by atoms with E-state index in [1.165, 1.54) is 5.56 Å². The summed E-state index contributed by atoms with van der Waals surface area (Å²) in [5, 5.41) is 3.02. The number of hydrogen-bond acceptors (Lipinski definition) is 3. The van der Waals surface area contributed by atoms with Gasteiger partial charge < -0.3 is 5.32 Å². The van der Waals surface area contributed by atoms with Gasteiger partial charge in [-0.05, 0) is 31.9 Å². The number of aryl methyl sites for hydroxylation is 1. The Hall–Kier alpha value is -0.910. The molecule has 1 atom stereocenters. The normalized spacial score (nSPS) is 13.4. The van der Waals surface area contributed by atoms with Crippen LogP contribution in [0.4, 0.5) is 0 Å². The molecule has 0 aliphatic rings. The molecule has 0 spiro atoms. The van der Waals surface area contributed by atoms with Crippen molar-refractivity contribution in [2.75, 3.05) is 18.8 Å². The first kappa shape index (κ1) is 16.1. The van der Waals surface area contributed by atoms with Gasteiger partial charge in [-0.3, -0.25) is 0 Å². The van der Waals surface area contributed by atoms with E-state index in [1.54, 1.807) is 0 Å². The smallest absolute Gasteiger partial charge is 0.213 e. The summed E-state index contributed by atoms with van der Waals surface area (Å²) in [6.07, 6.45) is 1.70. The van der Waals surface area contributed by atoms with Crippen molar-refractivity contribution in [3.05, 3.63) is 35.9 Å².